The SMILES string of the molecule is C[C@]12[C@H](O)C[C@H]3[C@@H](CC[C@]4(O)C[C@H](O)CC[C@]34C=O)[C@@]1(O)CC[C@H]2C1=CC(=O)OC1. The summed E-state index contributed by atoms with van der Waals surface area (Å²) in [6.45, 7) is 2.11. The number of ether oxygens (including phenoxy) is 1. The molecule has 0 aromatic heterocycles. The molecular weight excluding hydrogens is 388 g/mol. The molecule has 0 bridgehead atoms. The van der Waals surface area contributed by atoms with Crippen LogP contribution in [0.3, 0.4) is 0 Å². The van der Waals surface area contributed by atoms with E-state index in [9.17, 15) is 30.0 Å². The maximum atomic E-state index is 12.5. The van der Waals surface area contributed by atoms with Gasteiger partial charge in [0.15, 0.2) is 0 Å². The second-order valence-electron chi connectivity index (χ2n) is 10.7. The fourth-order valence-corrected chi connectivity index (χ4v) is 8.33. The van der Waals surface area contributed by atoms with Crippen LogP contribution in [0.2, 0.25) is 0 Å². The topological polar surface area (TPSA) is 124 Å². The van der Waals surface area contributed by atoms with E-state index in [4.69, 9.17) is 4.74 Å². The Labute approximate surface area is 176 Å². The Hall–Kier alpha value is -1.28. The van der Waals surface area contributed by atoms with Gasteiger partial charge in [0.1, 0.15) is 12.9 Å². The number of aldehydes is 1. The van der Waals surface area contributed by atoms with E-state index in [0.29, 0.717) is 44.9 Å². The molecule has 4 saturated carbocycles. The smallest absolute Gasteiger partial charge is 0.331 e. The van der Waals surface area contributed by atoms with E-state index >= 15 is 0 Å². The third-order valence-electron chi connectivity index (χ3n) is 9.94. The number of cyclic esters (lactones) is 1. The fourth-order valence-electron chi connectivity index (χ4n) is 8.33. The molecule has 0 aromatic rings. The number of hydrogen-bond donors (Lipinski definition) is 4. The molecule has 4 N–H and O–H groups in total. The molecule has 0 radical (unpaired) electrons. The molecule has 0 aromatic carbocycles. The van der Waals surface area contributed by atoms with Crippen molar-refractivity contribution in [3.8, 4) is 0 Å². The van der Waals surface area contributed by atoms with Crippen LogP contribution < -0.4 is 0 Å². The van der Waals surface area contributed by atoms with Gasteiger partial charge in [-0.05, 0) is 68.3 Å². The molecule has 5 rings (SSSR count). The number of esters is 1. The molecule has 5 aliphatic rings. The average Bonchev–Trinajstić information content (AvgIpc) is 3.23. The van der Waals surface area contributed by atoms with Crippen molar-refractivity contribution in [1.29, 1.82) is 0 Å². The minimum absolute atomic E-state index is 0.161. The lowest BCUT2D eigenvalue weighted by Crippen LogP contribution is -2.71. The van der Waals surface area contributed by atoms with Gasteiger partial charge in [-0.2, -0.15) is 0 Å². The van der Waals surface area contributed by atoms with Gasteiger partial charge in [-0.15, -0.1) is 0 Å². The lowest BCUT2D eigenvalue weighted by molar-refractivity contribution is -0.270. The number of rotatable bonds is 2. The van der Waals surface area contributed by atoms with Gasteiger partial charge in [0.25, 0.3) is 0 Å². The second-order valence-corrected chi connectivity index (χ2v) is 10.7. The molecule has 4 fully saturated rings. The van der Waals surface area contributed by atoms with E-state index in [2.05, 4.69) is 0 Å². The average molecular weight is 421 g/mol. The van der Waals surface area contributed by atoms with Crippen LogP contribution in [0.5, 0.6) is 0 Å². The number of aliphatic hydroxyl groups excluding tert-OH is 2. The number of fused-ring (bicyclic) bond motifs is 5. The molecule has 0 unspecified atom stereocenters. The Bertz CT molecular complexity index is 809. The van der Waals surface area contributed by atoms with Crippen molar-refractivity contribution in [1.82, 2.24) is 0 Å². The summed E-state index contributed by atoms with van der Waals surface area (Å²) in [6, 6.07) is 0. The van der Waals surface area contributed by atoms with Crippen molar-refractivity contribution in [2.75, 3.05) is 6.61 Å². The normalized spacial score (nSPS) is 55.2. The van der Waals surface area contributed by atoms with Crippen LogP contribution in [-0.2, 0) is 14.3 Å². The highest BCUT2D eigenvalue weighted by Gasteiger charge is 2.73. The zero-order chi connectivity index (χ0) is 21.5. The molecule has 9 atom stereocenters. The Morgan fingerprint density at radius 1 is 1.10 bits per heavy atom. The zero-order valence-electron chi connectivity index (χ0n) is 17.4. The van der Waals surface area contributed by atoms with E-state index < -0.39 is 34.2 Å². The summed E-state index contributed by atoms with van der Waals surface area (Å²) in [5.74, 6) is -1.11. The lowest BCUT2D eigenvalue weighted by atomic mass is 9.41. The van der Waals surface area contributed by atoms with Crippen LogP contribution in [0.1, 0.15) is 58.3 Å². The first kappa shape index (κ1) is 20.6. The molecule has 166 valence electrons. The summed E-state index contributed by atoms with van der Waals surface area (Å²) >= 11 is 0. The predicted octanol–water partition coefficient (Wildman–Crippen LogP) is 0.869. The molecule has 4 aliphatic carbocycles. The molecular formula is C23H32O7. The molecule has 0 amide bonds. The van der Waals surface area contributed by atoms with Gasteiger partial charge in [-0.3, -0.25) is 0 Å². The largest absolute Gasteiger partial charge is 0.458 e. The Morgan fingerprint density at radius 2 is 1.87 bits per heavy atom. The molecule has 7 heteroatoms. The quantitative estimate of drug-likeness (QED) is 0.386. The number of aliphatic hydroxyl groups is 4. The van der Waals surface area contributed by atoms with Crippen LogP contribution in [0, 0.1) is 28.6 Å². The van der Waals surface area contributed by atoms with Gasteiger partial charge in [0.05, 0.1) is 28.8 Å². The van der Waals surface area contributed by atoms with Crippen LogP contribution >= 0.6 is 0 Å². The van der Waals surface area contributed by atoms with E-state index in [1.165, 1.54) is 6.08 Å². The summed E-state index contributed by atoms with van der Waals surface area (Å²) in [5, 5.41) is 45.2. The standard InChI is InChI=1S/C23H32O7/c1-20-15(13-8-19(27)30-11-13)4-7-23(20,29)16-3-6-22(28)10-14(25)2-5-21(22,12-24)17(16)9-18(20)26/h8,12,14-18,25-26,28-29H,2-7,9-11H2,1H3/t14-,15+,16-,17+,18-,20+,21+,22+,23+/m1/s1. The number of carbonyl (C=O) groups excluding carboxylic acids is 2. The van der Waals surface area contributed by atoms with E-state index in [0.717, 1.165) is 11.9 Å². The maximum Gasteiger partial charge on any atom is 0.331 e. The van der Waals surface area contributed by atoms with Crippen molar-refractivity contribution >= 4 is 12.3 Å². The van der Waals surface area contributed by atoms with Crippen molar-refractivity contribution in [3.05, 3.63) is 11.6 Å². The fraction of sp³-hybridized carbons (Fsp3) is 0.826. The minimum Gasteiger partial charge on any atom is -0.458 e. The molecule has 30 heavy (non-hydrogen) atoms. The Kier molecular flexibility index (Phi) is 4.38. The highest BCUT2D eigenvalue weighted by Crippen LogP contribution is 2.70. The Balaban J connectivity index is 1.56. The first-order valence-corrected chi connectivity index (χ1v) is 11.3. The third-order valence-corrected chi connectivity index (χ3v) is 9.94. The van der Waals surface area contributed by atoms with Crippen molar-refractivity contribution in [2.45, 2.75) is 81.7 Å². The molecule has 7 nitrogen and oxygen atoms in total. The minimum atomic E-state index is -1.30. The summed E-state index contributed by atoms with van der Waals surface area (Å²) in [7, 11) is 0. The van der Waals surface area contributed by atoms with Gasteiger partial charge >= 0.3 is 5.97 Å². The number of hydrogen-bond acceptors (Lipinski definition) is 7. The molecule has 0 spiro atoms. The third kappa shape index (κ3) is 2.30. The maximum absolute atomic E-state index is 12.5. The van der Waals surface area contributed by atoms with Gasteiger partial charge in [0.2, 0.25) is 0 Å². The number of carbonyl (C=O) groups is 2. The first-order chi connectivity index (χ1) is 14.1. The van der Waals surface area contributed by atoms with Gasteiger partial charge in [-0.25, -0.2) is 4.79 Å². The second kappa shape index (κ2) is 6.37. The summed E-state index contributed by atoms with van der Waals surface area (Å²) in [6.07, 6.45) is 4.15. The van der Waals surface area contributed by atoms with Crippen LogP contribution in [0.4, 0.5) is 0 Å². The van der Waals surface area contributed by atoms with Crippen LogP contribution in [0.15, 0.2) is 11.6 Å². The molecule has 1 aliphatic heterocycles. The first-order valence-electron chi connectivity index (χ1n) is 11.3. The lowest BCUT2D eigenvalue weighted by Gasteiger charge is -2.66. The highest BCUT2D eigenvalue weighted by atomic mass is 16.5. The summed E-state index contributed by atoms with van der Waals surface area (Å²) in [5.41, 5.74) is -3.57. The van der Waals surface area contributed by atoms with Gasteiger partial charge in [-0.1, -0.05) is 6.92 Å². The summed E-state index contributed by atoms with van der Waals surface area (Å²) < 4.78 is 5.11. The monoisotopic (exact) mass is 420 g/mol. The van der Waals surface area contributed by atoms with Crippen LogP contribution in [0.25, 0.3) is 0 Å². The van der Waals surface area contributed by atoms with E-state index in [1.807, 2.05) is 6.92 Å². The summed E-state index contributed by atoms with van der Waals surface area (Å²) in [4.78, 5) is 24.2. The molecule has 0 saturated heterocycles. The van der Waals surface area contributed by atoms with Crippen LogP contribution in [-0.4, -0.2) is 62.7 Å². The van der Waals surface area contributed by atoms with E-state index in [-0.39, 0.29) is 36.8 Å². The van der Waals surface area contributed by atoms with Gasteiger partial charge in [0, 0.05) is 17.9 Å². The van der Waals surface area contributed by atoms with Gasteiger partial charge < -0.3 is 30.0 Å². The zero-order valence-corrected chi connectivity index (χ0v) is 17.4. The Morgan fingerprint density at radius 3 is 2.53 bits per heavy atom. The van der Waals surface area contributed by atoms with Crippen molar-refractivity contribution in [3.63, 3.8) is 0 Å². The van der Waals surface area contributed by atoms with Crippen molar-refractivity contribution < 1.29 is 34.8 Å². The highest BCUT2D eigenvalue weighted by molar-refractivity contribution is 5.85. The predicted molar refractivity (Wildman–Crippen MR) is 105 cm³/mol. The molecule has 1 heterocycles. The van der Waals surface area contributed by atoms with E-state index in [1.54, 1.807) is 0 Å². The van der Waals surface area contributed by atoms with Crippen molar-refractivity contribution in [2.24, 2.45) is 28.6 Å².